The number of hydrogen-bond acceptors (Lipinski definition) is 3. The van der Waals surface area contributed by atoms with Crippen molar-refractivity contribution in [1.29, 1.82) is 0 Å². The second-order valence-corrected chi connectivity index (χ2v) is 7.59. The zero-order valence-corrected chi connectivity index (χ0v) is 14.1. The molecule has 0 amide bonds. The van der Waals surface area contributed by atoms with Crippen molar-refractivity contribution < 1.29 is 8.42 Å². The summed E-state index contributed by atoms with van der Waals surface area (Å²) in [5.41, 5.74) is 0. The van der Waals surface area contributed by atoms with Crippen LogP contribution in [0.25, 0.3) is 0 Å². The predicted molar refractivity (Wildman–Crippen MR) is 84.0 cm³/mol. The number of unbranched alkanes of at least 4 members (excludes halogenated alkanes) is 2. The van der Waals surface area contributed by atoms with Gasteiger partial charge in [0.15, 0.2) is 0 Å². The molecule has 1 rings (SSSR count). The molecule has 0 aromatic carbocycles. The first-order valence-corrected chi connectivity index (χ1v) is 9.37. The van der Waals surface area contributed by atoms with Crippen molar-refractivity contribution in [2.24, 2.45) is 0 Å². The van der Waals surface area contributed by atoms with Crippen molar-refractivity contribution in [2.45, 2.75) is 58.4 Å². The van der Waals surface area contributed by atoms with Gasteiger partial charge in [0.1, 0.15) is 0 Å². The third-order valence-corrected chi connectivity index (χ3v) is 6.01. The van der Waals surface area contributed by atoms with Gasteiger partial charge < -0.3 is 5.32 Å². The third kappa shape index (κ3) is 4.98. The Hall–Kier alpha value is -0.170. The van der Waals surface area contributed by atoms with Crippen molar-refractivity contribution in [1.82, 2.24) is 13.9 Å². The van der Waals surface area contributed by atoms with Crippen LogP contribution in [0.1, 0.15) is 52.4 Å². The maximum atomic E-state index is 12.7. The van der Waals surface area contributed by atoms with Gasteiger partial charge in [-0.1, -0.05) is 33.1 Å². The summed E-state index contributed by atoms with van der Waals surface area (Å²) in [6.07, 6.45) is 6.21. The largest absolute Gasteiger partial charge is 0.315 e. The molecular weight excluding hydrogens is 274 g/mol. The van der Waals surface area contributed by atoms with Gasteiger partial charge in [-0.15, -0.1) is 0 Å². The molecule has 1 fully saturated rings. The molecule has 0 spiro atoms. The molecule has 0 aromatic heterocycles. The monoisotopic (exact) mass is 305 g/mol. The second-order valence-electron chi connectivity index (χ2n) is 5.60. The lowest BCUT2D eigenvalue weighted by Crippen LogP contribution is -2.52. The first-order chi connectivity index (χ1) is 9.54. The van der Waals surface area contributed by atoms with Crippen molar-refractivity contribution >= 4 is 10.2 Å². The van der Waals surface area contributed by atoms with Gasteiger partial charge in [0.25, 0.3) is 10.2 Å². The van der Waals surface area contributed by atoms with Gasteiger partial charge in [-0.2, -0.15) is 17.0 Å². The topological polar surface area (TPSA) is 52.7 Å². The number of rotatable bonds is 9. The van der Waals surface area contributed by atoms with E-state index in [1.807, 2.05) is 0 Å². The molecule has 0 aromatic rings. The van der Waals surface area contributed by atoms with Crippen LogP contribution in [0.4, 0.5) is 0 Å². The first-order valence-electron chi connectivity index (χ1n) is 7.97. The lowest BCUT2D eigenvalue weighted by Gasteiger charge is -2.37. The van der Waals surface area contributed by atoms with Crippen LogP contribution in [0.15, 0.2) is 0 Å². The Morgan fingerprint density at radius 1 is 1.25 bits per heavy atom. The Morgan fingerprint density at radius 3 is 2.65 bits per heavy atom. The minimum atomic E-state index is -3.30. The van der Waals surface area contributed by atoms with E-state index in [9.17, 15) is 8.42 Å². The van der Waals surface area contributed by atoms with Crippen LogP contribution in [0, 0.1) is 0 Å². The van der Waals surface area contributed by atoms with Gasteiger partial charge in [0.2, 0.25) is 0 Å². The normalized spacial score (nSPS) is 21.5. The van der Waals surface area contributed by atoms with Crippen LogP contribution in [-0.4, -0.2) is 56.3 Å². The molecule has 0 radical (unpaired) electrons. The van der Waals surface area contributed by atoms with E-state index in [4.69, 9.17) is 0 Å². The summed E-state index contributed by atoms with van der Waals surface area (Å²) in [4.78, 5) is 0. The van der Waals surface area contributed by atoms with Crippen LogP contribution >= 0.6 is 0 Å². The number of likely N-dealkylation sites (N-methyl/N-ethyl adjacent to an activating group) is 1. The molecular formula is C14H31N3O2S. The highest BCUT2D eigenvalue weighted by Crippen LogP contribution is 2.22. The SMILES string of the molecule is CCCCCN(C)S(=O)(=O)N1CCCCC1CNCC. The van der Waals surface area contributed by atoms with E-state index in [1.54, 1.807) is 11.4 Å². The molecule has 1 aliphatic heterocycles. The van der Waals surface area contributed by atoms with Gasteiger partial charge in [-0.05, 0) is 25.8 Å². The molecule has 1 aliphatic rings. The molecule has 0 aliphatic carbocycles. The maximum absolute atomic E-state index is 12.7. The van der Waals surface area contributed by atoms with E-state index in [2.05, 4.69) is 19.2 Å². The van der Waals surface area contributed by atoms with Gasteiger partial charge in [0, 0.05) is 32.7 Å². The highest BCUT2D eigenvalue weighted by molar-refractivity contribution is 7.86. The standard InChI is InChI=1S/C14H31N3O2S/c1-4-6-8-11-16(3)20(18,19)17-12-9-7-10-14(17)13-15-5-2/h14-15H,4-13H2,1-3H3. The Kier molecular flexibility index (Phi) is 8.02. The minimum absolute atomic E-state index is 0.113. The molecule has 0 saturated carbocycles. The van der Waals surface area contributed by atoms with Crippen LogP contribution in [0.2, 0.25) is 0 Å². The van der Waals surface area contributed by atoms with Crippen molar-refractivity contribution in [3.63, 3.8) is 0 Å². The lowest BCUT2D eigenvalue weighted by atomic mass is 10.1. The minimum Gasteiger partial charge on any atom is -0.315 e. The summed E-state index contributed by atoms with van der Waals surface area (Å²) in [5, 5.41) is 3.29. The fourth-order valence-corrected chi connectivity index (χ4v) is 4.31. The van der Waals surface area contributed by atoms with Crippen LogP contribution in [0.3, 0.4) is 0 Å². The molecule has 1 heterocycles. The summed E-state index contributed by atoms with van der Waals surface area (Å²) >= 11 is 0. The highest BCUT2D eigenvalue weighted by Gasteiger charge is 2.34. The average molecular weight is 305 g/mol. The highest BCUT2D eigenvalue weighted by atomic mass is 32.2. The Balaban J connectivity index is 2.66. The molecule has 1 unspecified atom stereocenters. The van der Waals surface area contributed by atoms with E-state index in [-0.39, 0.29) is 6.04 Å². The molecule has 1 N–H and O–H groups in total. The number of nitrogens with zero attached hydrogens (tertiary/aromatic N) is 2. The van der Waals surface area contributed by atoms with E-state index in [0.717, 1.165) is 51.6 Å². The quantitative estimate of drug-likeness (QED) is 0.661. The zero-order valence-electron chi connectivity index (χ0n) is 13.3. The number of nitrogens with one attached hydrogen (secondary N) is 1. The van der Waals surface area contributed by atoms with Crippen LogP contribution in [-0.2, 0) is 10.2 Å². The van der Waals surface area contributed by atoms with E-state index in [1.165, 1.54) is 4.31 Å². The smallest absolute Gasteiger partial charge is 0.282 e. The maximum Gasteiger partial charge on any atom is 0.282 e. The molecule has 120 valence electrons. The number of piperidine rings is 1. The van der Waals surface area contributed by atoms with E-state index < -0.39 is 10.2 Å². The first kappa shape index (κ1) is 17.9. The number of hydrogen-bond donors (Lipinski definition) is 1. The van der Waals surface area contributed by atoms with E-state index >= 15 is 0 Å². The van der Waals surface area contributed by atoms with Crippen molar-refractivity contribution in [2.75, 3.05) is 33.2 Å². The third-order valence-electron chi connectivity index (χ3n) is 3.97. The van der Waals surface area contributed by atoms with Crippen molar-refractivity contribution in [3.8, 4) is 0 Å². The lowest BCUT2D eigenvalue weighted by molar-refractivity contribution is 0.231. The summed E-state index contributed by atoms with van der Waals surface area (Å²) in [6.45, 7) is 7.12. The molecule has 0 bridgehead atoms. The van der Waals surface area contributed by atoms with Crippen LogP contribution < -0.4 is 5.32 Å². The zero-order chi connectivity index (χ0) is 15.0. The van der Waals surface area contributed by atoms with Crippen molar-refractivity contribution in [3.05, 3.63) is 0 Å². The fraction of sp³-hybridized carbons (Fsp3) is 1.00. The molecule has 1 atom stereocenters. The van der Waals surface area contributed by atoms with Gasteiger partial charge in [0.05, 0.1) is 0 Å². The fourth-order valence-electron chi connectivity index (χ4n) is 2.67. The van der Waals surface area contributed by atoms with E-state index in [0.29, 0.717) is 13.1 Å². The Labute approximate surface area is 124 Å². The second kappa shape index (κ2) is 8.97. The molecule has 6 heteroatoms. The van der Waals surface area contributed by atoms with Gasteiger partial charge in [-0.3, -0.25) is 0 Å². The summed E-state index contributed by atoms with van der Waals surface area (Å²) < 4.78 is 28.6. The average Bonchev–Trinajstić information content (AvgIpc) is 2.45. The molecule has 20 heavy (non-hydrogen) atoms. The van der Waals surface area contributed by atoms with Crippen LogP contribution in [0.5, 0.6) is 0 Å². The summed E-state index contributed by atoms with van der Waals surface area (Å²) in [6, 6.07) is 0.113. The molecule has 1 saturated heterocycles. The molecule has 5 nitrogen and oxygen atoms in total. The van der Waals surface area contributed by atoms with Gasteiger partial charge in [-0.25, -0.2) is 0 Å². The van der Waals surface area contributed by atoms with Gasteiger partial charge >= 0.3 is 0 Å². The summed E-state index contributed by atoms with van der Waals surface area (Å²) in [5.74, 6) is 0. The Bertz CT molecular complexity index is 359. The Morgan fingerprint density at radius 2 is 2.00 bits per heavy atom. The predicted octanol–water partition coefficient (Wildman–Crippen LogP) is 1.82. The summed E-state index contributed by atoms with van der Waals surface area (Å²) in [7, 11) is -1.58.